The lowest BCUT2D eigenvalue weighted by atomic mass is 10.1. The molecule has 3 rings (SSSR count). The highest BCUT2D eigenvalue weighted by Crippen LogP contribution is 2.22. The smallest absolute Gasteiger partial charge is 0.337 e. The normalized spacial score (nSPS) is 10.6. The van der Waals surface area contributed by atoms with E-state index in [0.717, 1.165) is 30.0 Å². The van der Waals surface area contributed by atoms with Gasteiger partial charge in [0.2, 0.25) is 0 Å². The lowest BCUT2D eigenvalue weighted by molar-refractivity contribution is 0.0600. The zero-order valence-corrected chi connectivity index (χ0v) is 14.2. The molecule has 4 heteroatoms. The SMILES string of the molecule is COC(=O)c1ccc(-c2ccc(CNCCc3ccccc3)o2)cc1. The van der Waals surface area contributed by atoms with E-state index in [1.807, 2.05) is 30.3 Å². The van der Waals surface area contributed by atoms with Crippen LogP contribution in [0.2, 0.25) is 0 Å². The number of nitrogens with one attached hydrogen (secondary N) is 1. The van der Waals surface area contributed by atoms with E-state index in [1.54, 1.807) is 12.1 Å². The number of hydrogen-bond acceptors (Lipinski definition) is 4. The monoisotopic (exact) mass is 335 g/mol. The first kappa shape index (κ1) is 17.0. The number of carbonyl (C=O) groups excluding carboxylic acids is 1. The summed E-state index contributed by atoms with van der Waals surface area (Å²) in [5.74, 6) is 1.34. The molecule has 4 nitrogen and oxygen atoms in total. The summed E-state index contributed by atoms with van der Waals surface area (Å²) >= 11 is 0. The second kappa shape index (κ2) is 8.31. The van der Waals surface area contributed by atoms with E-state index in [2.05, 4.69) is 29.6 Å². The molecular formula is C21H21NO3. The van der Waals surface area contributed by atoms with Crippen LogP contribution in [0.5, 0.6) is 0 Å². The summed E-state index contributed by atoms with van der Waals surface area (Å²) in [5.41, 5.74) is 2.78. The minimum absolute atomic E-state index is 0.339. The molecule has 1 heterocycles. The van der Waals surface area contributed by atoms with Crippen molar-refractivity contribution >= 4 is 5.97 Å². The maximum atomic E-state index is 11.5. The maximum Gasteiger partial charge on any atom is 0.337 e. The lowest BCUT2D eigenvalue weighted by Gasteiger charge is -2.03. The molecule has 0 amide bonds. The zero-order chi connectivity index (χ0) is 17.5. The molecule has 0 atom stereocenters. The zero-order valence-electron chi connectivity index (χ0n) is 14.2. The molecule has 0 saturated heterocycles. The van der Waals surface area contributed by atoms with E-state index in [-0.39, 0.29) is 5.97 Å². The summed E-state index contributed by atoms with van der Waals surface area (Å²) < 4.78 is 10.6. The summed E-state index contributed by atoms with van der Waals surface area (Å²) in [6.45, 7) is 1.58. The molecule has 128 valence electrons. The molecule has 0 bridgehead atoms. The number of methoxy groups -OCH3 is 1. The van der Waals surface area contributed by atoms with Crippen molar-refractivity contribution in [3.8, 4) is 11.3 Å². The van der Waals surface area contributed by atoms with Crippen molar-refractivity contribution in [3.63, 3.8) is 0 Å². The van der Waals surface area contributed by atoms with Crippen molar-refractivity contribution in [1.82, 2.24) is 5.32 Å². The topological polar surface area (TPSA) is 51.5 Å². The van der Waals surface area contributed by atoms with E-state index in [1.165, 1.54) is 12.7 Å². The quantitative estimate of drug-likeness (QED) is 0.522. The van der Waals surface area contributed by atoms with Crippen LogP contribution in [0, 0.1) is 0 Å². The summed E-state index contributed by atoms with van der Waals surface area (Å²) in [5, 5.41) is 3.39. The molecule has 0 saturated carbocycles. The van der Waals surface area contributed by atoms with Crippen LogP contribution >= 0.6 is 0 Å². The minimum Gasteiger partial charge on any atom is -0.465 e. The fourth-order valence-corrected chi connectivity index (χ4v) is 2.61. The molecule has 0 aliphatic heterocycles. The Bertz CT molecular complexity index is 807. The van der Waals surface area contributed by atoms with Crippen molar-refractivity contribution in [1.29, 1.82) is 0 Å². The van der Waals surface area contributed by atoms with Gasteiger partial charge in [-0.1, -0.05) is 42.5 Å². The van der Waals surface area contributed by atoms with Gasteiger partial charge in [0.1, 0.15) is 11.5 Å². The molecule has 2 aromatic carbocycles. The average Bonchev–Trinajstić information content (AvgIpc) is 3.14. The van der Waals surface area contributed by atoms with Crippen LogP contribution < -0.4 is 5.32 Å². The second-order valence-corrected chi connectivity index (χ2v) is 5.75. The van der Waals surface area contributed by atoms with Crippen LogP contribution in [0.25, 0.3) is 11.3 Å². The van der Waals surface area contributed by atoms with E-state index in [0.29, 0.717) is 12.1 Å². The third-order valence-electron chi connectivity index (χ3n) is 3.98. The standard InChI is InChI=1S/C21H21NO3/c1-24-21(23)18-9-7-17(8-10-18)20-12-11-19(25-20)15-22-14-13-16-5-3-2-4-6-16/h2-12,22H,13-15H2,1H3. The molecule has 0 unspecified atom stereocenters. The highest BCUT2D eigenvalue weighted by Gasteiger charge is 2.08. The van der Waals surface area contributed by atoms with Crippen LogP contribution in [0.1, 0.15) is 21.7 Å². The maximum absolute atomic E-state index is 11.5. The Labute approximate surface area is 147 Å². The first-order valence-corrected chi connectivity index (χ1v) is 8.28. The number of rotatable bonds is 7. The van der Waals surface area contributed by atoms with E-state index in [9.17, 15) is 4.79 Å². The number of furan rings is 1. The van der Waals surface area contributed by atoms with Gasteiger partial charge >= 0.3 is 5.97 Å². The highest BCUT2D eigenvalue weighted by atomic mass is 16.5. The van der Waals surface area contributed by atoms with E-state index >= 15 is 0 Å². The number of ether oxygens (including phenoxy) is 1. The van der Waals surface area contributed by atoms with Gasteiger partial charge in [-0.3, -0.25) is 0 Å². The molecule has 0 spiro atoms. The van der Waals surface area contributed by atoms with Gasteiger partial charge in [0, 0.05) is 5.56 Å². The van der Waals surface area contributed by atoms with Crippen molar-refractivity contribution in [2.24, 2.45) is 0 Å². The van der Waals surface area contributed by atoms with Gasteiger partial charge in [-0.2, -0.15) is 0 Å². The first-order valence-electron chi connectivity index (χ1n) is 8.28. The van der Waals surface area contributed by atoms with E-state index < -0.39 is 0 Å². The van der Waals surface area contributed by atoms with Crippen molar-refractivity contribution < 1.29 is 13.9 Å². The van der Waals surface area contributed by atoms with Gasteiger partial charge < -0.3 is 14.5 Å². The van der Waals surface area contributed by atoms with Crippen LogP contribution in [-0.4, -0.2) is 19.6 Å². The Balaban J connectivity index is 1.52. The summed E-state index contributed by atoms with van der Waals surface area (Å²) in [4.78, 5) is 11.5. The molecule has 0 aliphatic rings. The van der Waals surface area contributed by atoms with Gasteiger partial charge in [-0.25, -0.2) is 4.79 Å². The van der Waals surface area contributed by atoms with Crippen LogP contribution in [0.4, 0.5) is 0 Å². The van der Waals surface area contributed by atoms with Crippen molar-refractivity contribution in [2.45, 2.75) is 13.0 Å². The summed E-state index contributed by atoms with van der Waals surface area (Å²) in [7, 11) is 1.37. The molecule has 3 aromatic rings. The Kier molecular flexibility index (Phi) is 5.65. The Morgan fingerprint density at radius 2 is 1.76 bits per heavy atom. The summed E-state index contributed by atoms with van der Waals surface area (Å²) in [6.07, 6.45) is 0.989. The van der Waals surface area contributed by atoms with E-state index in [4.69, 9.17) is 9.15 Å². The van der Waals surface area contributed by atoms with Crippen molar-refractivity contribution in [2.75, 3.05) is 13.7 Å². The largest absolute Gasteiger partial charge is 0.465 e. The number of benzene rings is 2. The molecule has 25 heavy (non-hydrogen) atoms. The molecule has 1 N–H and O–H groups in total. The molecule has 0 fully saturated rings. The predicted octanol–water partition coefficient (Wildman–Crippen LogP) is 4.07. The molecule has 1 aromatic heterocycles. The van der Waals surface area contributed by atoms with Gasteiger partial charge in [0.05, 0.1) is 19.2 Å². The van der Waals surface area contributed by atoms with Gasteiger partial charge in [-0.05, 0) is 42.8 Å². The van der Waals surface area contributed by atoms with Gasteiger partial charge in [0.15, 0.2) is 0 Å². The highest BCUT2D eigenvalue weighted by molar-refractivity contribution is 5.89. The third-order valence-corrected chi connectivity index (χ3v) is 3.98. The first-order chi connectivity index (χ1) is 12.3. The molecule has 0 aliphatic carbocycles. The second-order valence-electron chi connectivity index (χ2n) is 5.75. The fraction of sp³-hybridized carbons (Fsp3) is 0.190. The Morgan fingerprint density at radius 1 is 1.00 bits per heavy atom. The number of hydrogen-bond donors (Lipinski definition) is 1. The fourth-order valence-electron chi connectivity index (χ4n) is 2.61. The van der Waals surface area contributed by atoms with Crippen LogP contribution in [-0.2, 0) is 17.7 Å². The van der Waals surface area contributed by atoms with Crippen LogP contribution in [0.15, 0.2) is 71.1 Å². The Morgan fingerprint density at radius 3 is 2.48 bits per heavy atom. The Hall–Kier alpha value is -2.85. The molecular weight excluding hydrogens is 314 g/mol. The lowest BCUT2D eigenvalue weighted by Crippen LogP contribution is -2.16. The van der Waals surface area contributed by atoms with Crippen LogP contribution in [0.3, 0.4) is 0 Å². The van der Waals surface area contributed by atoms with Gasteiger partial charge in [-0.15, -0.1) is 0 Å². The summed E-state index contributed by atoms with van der Waals surface area (Å²) in [6, 6.07) is 21.5. The average molecular weight is 335 g/mol. The molecule has 0 radical (unpaired) electrons. The minimum atomic E-state index is -0.339. The third kappa shape index (κ3) is 4.58. The number of esters is 1. The predicted molar refractivity (Wildman–Crippen MR) is 97.3 cm³/mol. The van der Waals surface area contributed by atoms with Crippen molar-refractivity contribution in [3.05, 3.63) is 83.6 Å². The number of carbonyl (C=O) groups is 1. The van der Waals surface area contributed by atoms with Gasteiger partial charge in [0.25, 0.3) is 0 Å².